The maximum absolute atomic E-state index is 12.0. The molecule has 6 heteroatoms. The fourth-order valence-electron chi connectivity index (χ4n) is 1.70. The van der Waals surface area contributed by atoms with Gasteiger partial charge < -0.3 is 10.6 Å². The van der Waals surface area contributed by atoms with Crippen LogP contribution in [0.25, 0.3) is 0 Å². The lowest BCUT2D eigenvalue weighted by molar-refractivity contribution is 0.0950. The molecule has 1 aromatic heterocycles. The molecular weight excluding hydrogens is 288 g/mol. The second-order valence-corrected chi connectivity index (χ2v) is 5.28. The van der Waals surface area contributed by atoms with E-state index < -0.39 is 0 Å². The van der Waals surface area contributed by atoms with E-state index in [1.54, 1.807) is 6.07 Å². The van der Waals surface area contributed by atoms with Crippen LogP contribution in [0.2, 0.25) is 5.02 Å². The minimum absolute atomic E-state index is 0.231. The van der Waals surface area contributed by atoms with Crippen LogP contribution in [0, 0.1) is 0 Å². The van der Waals surface area contributed by atoms with Crippen LogP contribution in [0.1, 0.15) is 29.8 Å². The van der Waals surface area contributed by atoms with Crippen molar-refractivity contribution in [2.24, 2.45) is 0 Å². The summed E-state index contributed by atoms with van der Waals surface area (Å²) in [5.41, 5.74) is 1.28. The van der Waals surface area contributed by atoms with E-state index in [2.05, 4.69) is 20.6 Å². The Labute approximate surface area is 128 Å². The predicted octanol–water partition coefficient (Wildman–Crippen LogP) is 2.88. The van der Waals surface area contributed by atoms with E-state index in [0.29, 0.717) is 23.1 Å². The number of nitrogens with one attached hydrogen (secondary N) is 2. The summed E-state index contributed by atoms with van der Waals surface area (Å²) in [6.45, 7) is 4.35. The van der Waals surface area contributed by atoms with Gasteiger partial charge in [-0.3, -0.25) is 4.79 Å². The van der Waals surface area contributed by atoms with E-state index in [1.807, 2.05) is 32.0 Å². The Bertz CT molecular complexity index is 613. The highest BCUT2D eigenvalue weighted by Crippen LogP contribution is 2.14. The summed E-state index contributed by atoms with van der Waals surface area (Å²) >= 11 is 6.04. The molecule has 1 aromatic carbocycles. The summed E-state index contributed by atoms with van der Waals surface area (Å²) in [5, 5.41) is 6.49. The van der Waals surface area contributed by atoms with E-state index >= 15 is 0 Å². The molecule has 1 heterocycles. The number of halogens is 1. The Morgan fingerprint density at radius 3 is 2.52 bits per heavy atom. The van der Waals surface area contributed by atoms with Crippen LogP contribution in [-0.2, 0) is 6.54 Å². The Balaban J connectivity index is 1.96. The van der Waals surface area contributed by atoms with E-state index in [1.165, 1.54) is 12.4 Å². The first-order chi connectivity index (χ1) is 10.1. The van der Waals surface area contributed by atoms with Crippen molar-refractivity contribution in [3.8, 4) is 0 Å². The van der Waals surface area contributed by atoms with Crippen LogP contribution in [0.4, 0.5) is 5.95 Å². The van der Waals surface area contributed by atoms with Gasteiger partial charge in [0.25, 0.3) is 5.91 Å². The number of hydrogen-bond donors (Lipinski definition) is 2. The molecule has 2 rings (SSSR count). The van der Waals surface area contributed by atoms with Gasteiger partial charge in [0.15, 0.2) is 0 Å². The molecule has 0 aliphatic rings. The van der Waals surface area contributed by atoms with Gasteiger partial charge in [-0.15, -0.1) is 0 Å². The van der Waals surface area contributed by atoms with Gasteiger partial charge in [-0.1, -0.05) is 29.8 Å². The minimum Gasteiger partial charge on any atom is -0.352 e. The normalized spacial score (nSPS) is 10.5. The smallest absolute Gasteiger partial charge is 0.254 e. The summed E-state index contributed by atoms with van der Waals surface area (Å²) in [5.74, 6) is 0.277. The number of amides is 1. The highest BCUT2D eigenvalue weighted by atomic mass is 35.5. The fourth-order valence-corrected chi connectivity index (χ4v) is 1.90. The fraction of sp³-hybridized carbons (Fsp3) is 0.267. The molecule has 2 N–H and O–H groups in total. The van der Waals surface area contributed by atoms with Crippen LogP contribution in [-0.4, -0.2) is 21.9 Å². The summed E-state index contributed by atoms with van der Waals surface area (Å²) in [4.78, 5) is 20.2. The van der Waals surface area contributed by atoms with Crippen LogP contribution in [0.3, 0.4) is 0 Å². The molecule has 0 saturated heterocycles. The molecule has 0 spiro atoms. The molecule has 2 aromatic rings. The lowest BCUT2D eigenvalue weighted by Gasteiger charge is -2.09. The Morgan fingerprint density at radius 1 is 1.24 bits per heavy atom. The van der Waals surface area contributed by atoms with Crippen LogP contribution in [0.5, 0.6) is 0 Å². The monoisotopic (exact) mass is 304 g/mol. The molecule has 0 radical (unpaired) electrons. The van der Waals surface area contributed by atoms with Gasteiger partial charge in [-0.2, -0.15) is 0 Å². The molecule has 0 atom stereocenters. The van der Waals surface area contributed by atoms with Crippen LogP contribution >= 0.6 is 11.6 Å². The third kappa shape index (κ3) is 4.43. The van der Waals surface area contributed by atoms with E-state index in [-0.39, 0.29) is 11.9 Å². The highest BCUT2D eigenvalue weighted by Gasteiger charge is 2.08. The second kappa shape index (κ2) is 7.04. The van der Waals surface area contributed by atoms with E-state index in [9.17, 15) is 4.79 Å². The Kier molecular flexibility index (Phi) is 5.11. The lowest BCUT2D eigenvalue weighted by Crippen LogP contribution is -2.23. The van der Waals surface area contributed by atoms with Gasteiger partial charge >= 0.3 is 0 Å². The van der Waals surface area contributed by atoms with E-state index in [4.69, 9.17) is 11.6 Å². The Morgan fingerprint density at radius 2 is 1.90 bits per heavy atom. The zero-order valence-corrected chi connectivity index (χ0v) is 12.7. The van der Waals surface area contributed by atoms with Crippen LogP contribution < -0.4 is 10.6 Å². The molecule has 1 amide bonds. The molecule has 0 fully saturated rings. The van der Waals surface area contributed by atoms with Gasteiger partial charge in [0.1, 0.15) is 0 Å². The lowest BCUT2D eigenvalue weighted by atomic mass is 10.2. The first-order valence-corrected chi connectivity index (χ1v) is 7.04. The molecule has 0 aliphatic heterocycles. The van der Waals surface area contributed by atoms with Crippen molar-refractivity contribution >= 4 is 23.5 Å². The quantitative estimate of drug-likeness (QED) is 0.891. The second-order valence-electron chi connectivity index (χ2n) is 4.87. The first-order valence-electron chi connectivity index (χ1n) is 6.66. The molecular formula is C15H17ClN4O. The molecule has 5 nitrogen and oxygen atoms in total. The topological polar surface area (TPSA) is 66.9 Å². The zero-order valence-electron chi connectivity index (χ0n) is 11.9. The maximum atomic E-state index is 12.0. The number of benzene rings is 1. The first kappa shape index (κ1) is 15.3. The average molecular weight is 305 g/mol. The average Bonchev–Trinajstić information content (AvgIpc) is 2.46. The Hall–Kier alpha value is -2.14. The van der Waals surface area contributed by atoms with Gasteiger partial charge in [0.05, 0.1) is 5.56 Å². The third-order valence-electron chi connectivity index (χ3n) is 2.73. The standard InChI is InChI=1S/C15H17ClN4O/c1-10(2)20-15-18-8-12(9-19-15)14(21)17-7-11-5-3-4-6-13(11)16/h3-6,8-10H,7H2,1-2H3,(H,17,21)(H,18,19,20). The summed E-state index contributed by atoms with van der Waals surface area (Å²) in [6, 6.07) is 7.63. The van der Waals surface area contributed by atoms with Crippen molar-refractivity contribution in [1.82, 2.24) is 15.3 Å². The summed E-state index contributed by atoms with van der Waals surface area (Å²) in [7, 11) is 0. The van der Waals surface area contributed by atoms with Gasteiger partial charge in [0.2, 0.25) is 5.95 Å². The number of hydrogen-bond acceptors (Lipinski definition) is 4. The number of carbonyl (C=O) groups is 1. The van der Waals surface area contributed by atoms with Crippen molar-refractivity contribution in [2.45, 2.75) is 26.4 Å². The van der Waals surface area contributed by atoms with Crippen LogP contribution in [0.15, 0.2) is 36.7 Å². The SMILES string of the molecule is CC(C)Nc1ncc(C(=O)NCc2ccccc2Cl)cn1. The molecule has 0 bridgehead atoms. The van der Waals surface area contributed by atoms with Gasteiger partial charge in [-0.05, 0) is 25.5 Å². The number of rotatable bonds is 5. The maximum Gasteiger partial charge on any atom is 0.254 e. The minimum atomic E-state index is -0.231. The number of aromatic nitrogens is 2. The molecule has 0 aliphatic carbocycles. The number of anilines is 1. The summed E-state index contributed by atoms with van der Waals surface area (Å²) < 4.78 is 0. The number of nitrogens with zero attached hydrogens (tertiary/aromatic N) is 2. The van der Waals surface area contributed by atoms with Crippen molar-refractivity contribution in [1.29, 1.82) is 0 Å². The van der Waals surface area contributed by atoms with Crippen molar-refractivity contribution in [3.63, 3.8) is 0 Å². The van der Waals surface area contributed by atoms with Crippen molar-refractivity contribution in [2.75, 3.05) is 5.32 Å². The summed E-state index contributed by atoms with van der Waals surface area (Å²) in [6.07, 6.45) is 3.00. The molecule has 21 heavy (non-hydrogen) atoms. The molecule has 110 valence electrons. The predicted molar refractivity (Wildman–Crippen MR) is 83.4 cm³/mol. The molecule has 0 unspecified atom stereocenters. The molecule has 0 saturated carbocycles. The zero-order chi connectivity index (χ0) is 15.2. The highest BCUT2D eigenvalue weighted by molar-refractivity contribution is 6.31. The number of carbonyl (C=O) groups excluding carboxylic acids is 1. The third-order valence-corrected chi connectivity index (χ3v) is 3.10. The van der Waals surface area contributed by atoms with Crippen molar-refractivity contribution < 1.29 is 4.79 Å². The van der Waals surface area contributed by atoms with E-state index in [0.717, 1.165) is 5.56 Å². The van der Waals surface area contributed by atoms with Gasteiger partial charge in [-0.25, -0.2) is 9.97 Å². The van der Waals surface area contributed by atoms with Crippen molar-refractivity contribution in [3.05, 3.63) is 52.8 Å². The van der Waals surface area contributed by atoms with Gasteiger partial charge in [0, 0.05) is 30.0 Å². The largest absolute Gasteiger partial charge is 0.352 e.